The highest BCUT2D eigenvalue weighted by molar-refractivity contribution is 5.78. The first kappa shape index (κ1) is 35.1. The molecule has 0 saturated carbocycles. The molecule has 0 radical (unpaired) electrons. The van der Waals surface area contributed by atoms with E-state index in [2.05, 4.69) is 5.32 Å². The molecule has 10 nitrogen and oxygen atoms in total. The molecule has 0 aromatic carbocycles. The van der Waals surface area contributed by atoms with Crippen LogP contribution in [0.1, 0.15) is 86.0 Å². The summed E-state index contributed by atoms with van der Waals surface area (Å²) in [7, 11) is 3.35. The molecule has 2 saturated heterocycles. The monoisotopic (exact) mass is 558 g/mol. The minimum absolute atomic E-state index is 0.0207. The van der Waals surface area contributed by atoms with Crippen molar-refractivity contribution in [3.63, 3.8) is 0 Å². The molecule has 0 aliphatic carbocycles. The summed E-state index contributed by atoms with van der Waals surface area (Å²) in [6.07, 6.45) is 6.00. The van der Waals surface area contributed by atoms with Gasteiger partial charge in [-0.05, 0) is 99.1 Å². The number of amides is 1. The van der Waals surface area contributed by atoms with E-state index in [1.807, 2.05) is 34.6 Å². The fraction of sp³-hybridized carbons (Fsp3) is 0.897. The number of rotatable bonds is 12. The van der Waals surface area contributed by atoms with E-state index in [0.29, 0.717) is 52.4 Å². The van der Waals surface area contributed by atoms with E-state index in [-0.39, 0.29) is 23.4 Å². The van der Waals surface area contributed by atoms with E-state index in [9.17, 15) is 14.4 Å². The summed E-state index contributed by atoms with van der Waals surface area (Å²) < 4.78 is 26.0. The summed E-state index contributed by atoms with van der Waals surface area (Å²) in [5.74, 6) is -0.174. The van der Waals surface area contributed by atoms with E-state index < -0.39 is 11.0 Å². The lowest BCUT2D eigenvalue weighted by molar-refractivity contribution is -0.159. The largest absolute Gasteiger partial charge is 0.466 e. The molecule has 1 N–H and O–H groups in total. The number of hydrogen-bond acceptors (Lipinski definition) is 9. The summed E-state index contributed by atoms with van der Waals surface area (Å²) in [6.45, 7) is 14.3. The topological polar surface area (TPSA) is 113 Å². The highest BCUT2D eigenvalue weighted by atomic mass is 16.6. The van der Waals surface area contributed by atoms with Gasteiger partial charge in [0.05, 0.1) is 24.0 Å². The van der Waals surface area contributed by atoms with Gasteiger partial charge in [0.15, 0.2) is 0 Å². The second kappa shape index (κ2) is 17.7. The van der Waals surface area contributed by atoms with Crippen LogP contribution in [-0.2, 0) is 33.3 Å². The number of piperidine rings is 2. The van der Waals surface area contributed by atoms with Gasteiger partial charge in [-0.2, -0.15) is 0 Å². The van der Waals surface area contributed by atoms with E-state index in [1.165, 1.54) is 0 Å². The van der Waals surface area contributed by atoms with Crippen LogP contribution in [0.2, 0.25) is 0 Å². The van der Waals surface area contributed by atoms with Gasteiger partial charge in [0.1, 0.15) is 5.60 Å². The molecule has 0 unspecified atom stereocenters. The van der Waals surface area contributed by atoms with Crippen molar-refractivity contribution in [2.45, 2.75) is 91.6 Å². The average molecular weight is 559 g/mol. The molecule has 0 atom stereocenters. The second-order valence-corrected chi connectivity index (χ2v) is 11.4. The van der Waals surface area contributed by atoms with Crippen LogP contribution in [0.3, 0.4) is 0 Å². The number of ether oxygens (including phenoxy) is 5. The molecule has 0 aromatic rings. The van der Waals surface area contributed by atoms with Crippen molar-refractivity contribution in [3.8, 4) is 0 Å². The lowest BCUT2D eigenvalue weighted by Gasteiger charge is -2.40. The van der Waals surface area contributed by atoms with Gasteiger partial charge in [-0.1, -0.05) is 0 Å². The average Bonchev–Trinajstić information content (AvgIpc) is 2.89. The second-order valence-electron chi connectivity index (χ2n) is 11.4. The van der Waals surface area contributed by atoms with Gasteiger partial charge in [0, 0.05) is 40.5 Å². The Hall–Kier alpha value is -1.91. The van der Waals surface area contributed by atoms with Crippen molar-refractivity contribution in [1.82, 2.24) is 10.2 Å². The maximum Gasteiger partial charge on any atom is 0.410 e. The van der Waals surface area contributed by atoms with Crippen molar-refractivity contribution in [2.75, 3.05) is 66.8 Å². The maximum atomic E-state index is 12.4. The van der Waals surface area contributed by atoms with Crippen molar-refractivity contribution in [1.29, 1.82) is 0 Å². The Morgan fingerprint density at radius 1 is 0.769 bits per heavy atom. The molecular weight excluding hydrogens is 504 g/mol. The molecule has 0 spiro atoms. The molecule has 2 rings (SSSR count). The summed E-state index contributed by atoms with van der Waals surface area (Å²) in [4.78, 5) is 38.3. The van der Waals surface area contributed by atoms with Crippen LogP contribution in [0, 0.1) is 10.8 Å². The molecule has 0 aromatic heterocycles. The number of hydrogen-bond donors (Lipinski definition) is 1. The van der Waals surface area contributed by atoms with Crippen molar-refractivity contribution < 1.29 is 38.1 Å². The van der Waals surface area contributed by atoms with Crippen LogP contribution in [0.4, 0.5) is 4.79 Å². The lowest BCUT2D eigenvalue weighted by atomic mass is 9.75. The molecular formula is C29H54N2O8. The Morgan fingerprint density at radius 3 is 1.59 bits per heavy atom. The third-order valence-corrected chi connectivity index (χ3v) is 7.36. The SMILES string of the molecule is CCOC(=O)C1(CCCOC)CCN(C(=O)OC(C)(C)C)CC1.CCOC(=O)C1(CCCOC)CCNCC1. The van der Waals surface area contributed by atoms with Gasteiger partial charge >= 0.3 is 18.0 Å². The number of nitrogens with zero attached hydrogens (tertiary/aromatic N) is 1. The van der Waals surface area contributed by atoms with Crippen LogP contribution in [-0.4, -0.2) is 95.4 Å². The fourth-order valence-electron chi connectivity index (χ4n) is 5.14. The summed E-state index contributed by atoms with van der Waals surface area (Å²) in [6, 6.07) is 0. The molecule has 228 valence electrons. The van der Waals surface area contributed by atoms with Crippen LogP contribution >= 0.6 is 0 Å². The molecule has 2 heterocycles. The van der Waals surface area contributed by atoms with Gasteiger partial charge in [0.25, 0.3) is 0 Å². The quantitative estimate of drug-likeness (QED) is 0.212. The number of esters is 2. The predicted molar refractivity (Wildman–Crippen MR) is 149 cm³/mol. The van der Waals surface area contributed by atoms with E-state index in [1.54, 1.807) is 19.1 Å². The smallest absolute Gasteiger partial charge is 0.410 e. The lowest BCUT2D eigenvalue weighted by Crippen LogP contribution is -2.48. The molecule has 0 bridgehead atoms. The summed E-state index contributed by atoms with van der Waals surface area (Å²) in [5, 5.41) is 3.29. The molecule has 2 fully saturated rings. The van der Waals surface area contributed by atoms with Crippen molar-refractivity contribution in [2.24, 2.45) is 10.8 Å². The highest BCUT2D eigenvalue weighted by Gasteiger charge is 2.43. The number of carbonyl (C=O) groups excluding carboxylic acids is 3. The zero-order valence-corrected chi connectivity index (χ0v) is 25.5. The highest BCUT2D eigenvalue weighted by Crippen LogP contribution is 2.38. The Bertz CT molecular complexity index is 723. The Morgan fingerprint density at radius 2 is 1.21 bits per heavy atom. The minimum atomic E-state index is -0.509. The maximum absolute atomic E-state index is 12.4. The minimum Gasteiger partial charge on any atom is -0.466 e. The van der Waals surface area contributed by atoms with Crippen LogP contribution in [0.25, 0.3) is 0 Å². The molecule has 1 amide bonds. The number of methoxy groups -OCH3 is 2. The zero-order chi connectivity index (χ0) is 29.4. The normalized spacial score (nSPS) is 18.4. The molecule has 10 heteroatoms. The summed E-state index contributed by atoms with van der Waals surface area (Å²) >= 11 is 0. The fourth-order valence-corrected chi connectivity index (χ4v) is 5.14. The van der Waals surface area contributed by atoms with Gasteiger partial charge in [-0.3, -0.25) is 9.59 Å². The number of nitrogens with one attached hydrogen (secondary N) is 1. The standard InChI is InChI=1S/C17H31NO5.C12H23NO3/c1-6-22-14(19)17(8-7-13-21-5)9-11-18(12-10-17)15(20)23-16(2,3)4;1-3-16-11(14)12(5-4-10-15-2)6-8-13-9-7-12/h6-13H2,1-5H3;13H,3-10H2,1-2H3. The van der Waals surface area contributed by atoms with Crippen LogP contribution < -0.4 is 5.32 Å². The first-order chi connectivity index (χ1) is 18.5. The summed E-state index contributed by atoms with van der Waals surface area (Å²) in [5.41, 5.74) is -1.28. The molecule has 2 aliphatic rings. The van der Waals surface area contributed by atoms with Crippen molar-refractivity contribution >= 4 is 18.0 Å². The van der Waals surface area contributed by atoms with E-state index in [0.717, 1.165) is 51.6 Å². The van der Waals surface area contributed by atoms with Gasteiger partial charge in [-0.15, -0.1) is 0 Å². The third-order valence-electron chi connectivity index (χ3n) is 7.36. The Kier molecular flexibility index (Phi) is 15.9. The van der Waals surface area contributed by atoms with Crippen LogP contribution in [0.5, 0.6) is 0 Å². The molecule has 2 aliphatic heterocycles. The first-order valence-corrected chi connectivity index (χ1v) is 14.5. The van der Waals surface area contributed by atoms with Crippen LogP contribution in [0.15, 0.2) is 0 Å². The third kappa shape index (κ3) is 12.0. The van der Waals surface area contributed by atoms with Gasteiger partial charge in [-0.25, -0.2) is 4.79 Å². The molecule has 39 heavy (non-hydrogen) atoms. The number of likely N-dealkylation sites (tertiary alicyclic amines) is 1. The number of carbonyl (C=O) groups is 3. The van der Waals surface area contributed by atoms with Gasteiger partial charge < -0.3 is 33.9 Å². The first-order valence-electron chi connectivity index (χ1n) is 14.5. The Balaban J connectivity index is 0.000000416. The zero-order valence-electron chi connectivity index (χ0n) is 25.5. The van der Waals surface area contributed by atoms with Crippen molar-refractivity contribution in [3.05, 3.63) is 0 Å². The Labute approximate surface area is 235 Å². The predicted octanol–water partition coefficient (Wildman–Crippen LogP) is 4.34. The van der Waals surface area contributed by atoms with E-state index >= 15 is 0 Å². The van der Waals surface area contributed by atoms with E-state index in [4.69, 9.17) is 23.7 Å². The van der Waals surface area contributed by atoms with Gasteiger partial charge in [0.2, 0.25) is 0 Å².